The van der Waals surface area contributed by atoms with Crippen LogP contribution in [0.1, 0.15) is 10.5 Å². The number of nitrogens with zero attached hydrogens (tertiary/aromatic N) is 2. The largest absolute Gasteiger partial charge is 0.540 e. The number of aromatic carboxylic acids is 1. The molecule has 0 bridgehead atoms. The van der Waals surface area contributed by atoms with E-state index in [1.54, 1.807) is 57.9 Å². The van der Waals surface area contributed by atoms with Crippen LogP contribution in [0.25, 0.3) is 11.3 Å². The van der Waals surface area contributed by atoms with Crippen molar-refractivity contribution in [3.05, 3.63) is 66.6 Å². The summed E-state index contributed by atoms with van der Waals surface area (Å²) in [4.78, 5) is 18.0. The predicted octanol–water partition coefficient (Wildman–Crippen LogP) is 3.35. The van der Waals surface area contributed by atoms with Gasteiger partial charge in [0.25, 0.3) is 0 Å². The van der Waals surface area contributed by atoms with Crippen molar-refractivity contribution < 1.29 is 45.2 Å². The van der Waals surface area contributed by atoms with Gasteiger partial charge in [-0.15, -0.1) is 12.1 Å². The third-order valence-corrected chi connectivity index (χ3v) is 3.44. The Balaban J connectivity index is 0.000000332. The van der Waals surface area contributed by atoms with Gasteiger partial charge in [-0.05, 0) is 30.0 Å². The first-order valence-electron chi connectivity index (χ1n) is 7.87. The Hall–Kier alpha value is -2.92. The van der Waals surface area contributed by atoms with Gasteiger partial charge in [0.05, 0.1) is 21.3 Å². The maximum Gasteiger partial charge on any atom is 0.354 e. The van der Waals surface area contributed by atoms with E-state index in [-0.39, 0.29) is 26.8 Å². The zero-order chi connectivity index (χ0) is 19.6. The molecular weight excluding hydrogens is 543 g/mol. The van der Waals surface area contributed by atoms with Crippen LogP contribution in [0, 0.1) is 6.07 Å². The fraction of sp³-hybridized carbons (Fsp3) is 0.150. The molecule has 0 aliphatic heterocycles. The Labute approximate surface area is 177 Å². The van der Waals surface area contributed by atoms with Crippen LogP contribution in [-0.2, 0) is 21.1 Å². The van der Waals surface area contributed by atoms with Crippen LogP contribution in [0.4, 0.5) is 0 Å². The Kier molecular flexibility index (Phi) is 9.68. The summed E-state index contributed by atoms with van der Waals surface area (Å²) in [5, 5.41) is 8.32. The second-order valence-electron chi connectivity index (χ2n) is 5.08. The molecule has 0 saturated heterocycles. The van der Waals surface area contributed by atoms with Crippen molar-refractivity contribution in [2.24, 2.45) is 0 Å². The standard InChI is InChI=1S/C14H14NO3.C6H5NO2.Pt/c1-16-10-4-5-12(14(9-10)18-3)13-8-11(17-2)6-7-15-13;8-6(9)5-3-1-2-4-7-5;/h4,6-9H,1-3H3;1-4H,(H,8,9);/q-1;;. The van der Waals surface area contributed by atoms with Crippen molar-refractivity contribution in [1.29, 1.82) is 0 Å². The van der Waals surface area contributed by atoms with Gasteiger partial charge in [-0.25, -0.2) is 9.78 Å². The molecule has 0 saturated carbocycles. The van der Waals surface area contributed by atoms with Gasteiger partial charge in [0.2, 0.25) is 0 Å². The SMILES string of the molecule is COc1ccnc(-c2[c-]cc(OC)cc2OC)c1.O=C(O)c1ccccn1.[Pt]. The molecule has 0 spiro atoms. The number of carboxylic acid groups (broad SMARTS) is 1. The summed E-state index contributed by atoms with van der Waals surface area (Å²) in [7, 11) is 4.83. The molecule has 8 heteroatoms. The number of carboxylic acids is 1. The number of methoxy groups -OCH3 is 3. The average molecular weight is 562 g/mol. The van der Waals surface area contributed by atoms with E-state index in [2.05, 4.69) is 16.0 Å². The number of pyridine rings is 2. The second kappa shape index (κ2) is 11.7. The molecule has 0 amide bonds. The number of carbonyl (C=O) groups is 1. The number of benzene rings is 1. The molecule has 1 aromatic carbocycles. The minimum absolute atomic E-state index is 0. The third kappa shape index (κ3) is 6.35. The molecule has 3 rings (SSSR count). The number of rotatable bonds is 5. The normalized spacial score (nSPS) is 9.25. The molecule has 1 N–H and O–H groups in total. The molecule has 0 aliphatic carbocycles. The maximum absolute atomic E-state index is 10.1. The first-order chi connectivity index (χ1) is 13.1. The molecule has 0 atom stereocenters. The average Bonchev–Trinajstić information content (AvgIpc) is 2.74. The number of ether oxygens (including phenoxy) is 3. The summed E-state index contributed by atoms with van der Waals surface area (Å²) in [5.41, 5.74) is 1.60. The first-order valence-corrected chi connectivity index (χ1v) is 7.87. The zero-order valence-corrected chi connectivity index (χ0v) is 17.8. The molecule has 28 heavy (non-hydrogen) atoms. The topological polar surface area (TPSA) is 90.8 Å². The van der Waals surface area contributed by atoms with Crippen LogP contribution in [-0.4, -0.2) is 42.4 Å². The summed E-state index contributed by atoms with van der Waals surface area (Å²) in [5.74, 6) is 1.11. The summed E-state index contributed by atoms with van der Waals surface area (Å²) in [6, 6.07) is 15.0. The van der Waals surface area contributed by atoms with Crippen molar-refractivity contribution >= 4 is 5.97 Å². The van der Waals surface area contributed by atoms with E-state index in [4.69, 9.17) is 19.3 Å². The molecular formula is C20H19N2O5Pt-. The number of aromatic nitrogens is 2. The van der Waals surface area contributed by atoms with Crippen molar-refractivity contribution in [3.8, 4) is 28.5 Å². The molecule has 3 aromatic rings. The zero-order valence-electron chi connectivity index (χ0n) is 15.5. The first kappa shape index (κ1) is 23.1. The molecule has 0 radical (unpaired) electrons. The van der Waals surface area contributed by atoms with E-state index >= 15 is 0 Å². The Morgan fingerprint density at radius 1 is 0.964 bits per heavy atom. The van der Waals surface area contributed by atoms with Gasteiger partial charge in [0.1, 0.15) is 11.4 Å². The van der Waals surface area contributed by atoms with E-state index in [1.165, 1.54) is 12.3 Å². The van der Waals surface area contributed by atoms with Gasteiger partial charge >= 0.3 is 5.97 Å². The van der Waals surface area contributed by atoms with E-state index in [0.29, 0.717) is 11.5 Å². The van der Waals surface area contributed by atoms with E-state index in [9.17, 15) is 4.79 Å². The van der Waals surface area contributed by atoms with Gasteiger partial charge in [-0.1, -0.05) is 17.7 Å². The molecule has 2 aromatic heterocycles. The van der Waals surface area contributed by atoms with E-state index in [1.807, 2.05) is 6.07 Å². The van der Waals surface area contributed by atoms with Crippen molar-refractivity contribution in [3.63, 3.8) is 0 Å². The van der Waals surface area contributed by atoms with Gasteiger partial charge < -0.3 is 24.3 Å². The van der Waals surface area contributed by atoms with E-state index < -0.39 is 5.97 Å². The predicted molar refractivity (Wildman–Crippen MR) is 99.4 cm³/mol. The van der Waals surface area contributed by atoms with Gasteiger partial charge in [0, 0.05) is 45.0 Å². The van der Waals surface area contributed by atoms with Gasteiger partial charge in [-0.3, -0.25) is 0 Å². The monoisotopic (exact) mass is 562 g/mol. The summed E-state index contributed by atoms with van der Waals surface area (Å²) in [6.45, 7) is 0. The second-order valence-corrected chi connectivity index (χ2v) is 5.08. The van der Waals surface area contributed by atoms with Crippen LogP contribution in [0.5, 0.6) is 17.2 Å². The van der Waals surface area contributed by atoms with E-state index in [0.717, 1.165) is 17.0 Å². The summed E-state index contributed by atoms with van der Waals surface area (Å²) in [6.07, 6.45) is 3.13. The minimum Gasteiger partial charge on any atom is -0.540 e. The van der Waals surface area contributed by atoms with Crippen molar-refractivity contribution in [2.45, 2.75) is 0 Å². The third-order valence-electron chi connectivity index (χ3n) is 3.44. The number of hydrogen-bond acceptors (Lipinski definition) is 6. The van der Waals surface area contributed by atoms with Gasteiger partial charge in [0.15, 0.2) is 0 Å². The molecule has 0 unspecified atom stereocenters. The van der Waals surface area contributed by atoms with Crippen LogP contribution < -0.4 is 14.2 Å². The minimum atomic E-state index is -0.990. The molecule has 0 aliphatic rings. The maximum atomic E-state index is 10.1. The van der Waals surface area contributed by atoms with Crippen LogP contribution in [0.2, 0.25) is 0 Å². The Morgan fingerprint density at radius 2 is 1.71 bits per heavy atom. The van der Waals surface area contributed by atoms with Crippen LogP contribution in [0.3, 0.4) is 0 Å². The molecule has 7 nitrogen and oxygen atoms in total. The summed E-state index contributed by atoms with van der Waals surface area (Å²) >= 11 is 0. The molecule has 0 fully saturated rings. The van der Waals surface area contributed by atoms with Crippen LogP contribution in [0.15, 0.2) is 54.9 Å². The number of hydrogen-bond donors (Lipinski definition) is 1. The quantitative estimate of drug-likeness (QED) is 0.477. The fourth-order valence-corrected chi connectivity index (χ4v) is 2.10. The van der Waals surface area contributed by atoms with Crippen LogP contribution >= 0.6 is 0 Å². The summed E-state index contributed by atoms with van der Waals surface area (Å²) < 4.78 is 15.6. The smallest absolute Gasteiger partial charge is 0.354 e. The van der Waals surface area contributed by atoms with Crippen molar-refractivity contribution in [1.82, 2.24) is 9.97 Å². The molecule has 2 heterocycles. The Bertz CT molecular complexity index is 891. The molecule has 150 valence electrons. The fourth-order valence-electron chi connectivity index (χ4n) is 2.10. The van der Waals surface area contributed by atoms with Gasteiger partial charge in [-0.2, -0.15) is 0 Å². The van der Waals surface area contributed by atoms with Crippen molar-refractivity contribution in [2.75, 3.05) is 21.3 Å². The Morgan fingerprint density at radius 3 is 2.25 bits per heavy atom.